The van der Waals surface area contributed by atoms with Crippen LogP contribution < -0.4 is 0 Å². The van der Waals surface area contributed by atoms with Gasteiger partial charge in [-0.2, -0.15) is 5.26 Å². The van der Waals surface area contributed by atoms with Gasteiger partial charge in [-0.15, -0.1) is 0 Å². The van der Waals surface area contributed by atoms with Gasteiger partial charge in [-0.1, -0.05) is 69.2 Å². The standard InChI is InChI=1S/C29H39FN2/c1-3-21-32(22-19-24-10-6-5-7-11-24)28(4-2)18-20-29(23-31,25-12-8-9-13-25)26-14-16-27(30)17-15-26/h5-7,10-11,14-17,25,28H,3-4,8-9,12-13,18-22H2,1-2H3. The van der Waals surface area contributed by atoms with Gasteiger partial charge in [-0.05, 0) is 80.7 Å². The van der Waals surface area contributed by atoms with Crippen molar-refractivity contribution in [1.82, 2.24) is 4.90 Å². The maximum atomic E-state index is 13.7. The summed E-state index contributed by atoms with van der Waals surface area (Å²) < 4.78 is 13.7. The number of nitriles is 1. The molecule has 0 aliphatic heterocycles. The SMILES string of the molecule is CCCN(CCc1ccccc1)C(CC)CCC(C#N)(c1ccc(F)cc1)C1CCCC1. The number of hydrogen-bond donors (Lipinski definition) is 0. The molecule has 2 unspecified atom stereocenters. The minimum Gasteiger partial charge on any atom is -0.300 e. The molecule has 0 spiro atoms. The van der Waals surface area contributed by atoms with E-state index in [-0.39, 0.29) is 5.82 Å². The molecular formula is C29H39FN2. The molecule has 2 nitrogen and oxygen atoms in total. The Labute approximate surface area is 194 Å². The highest BCUT2D eigenvalue weighted by Crippen LogP contribution is 2.45. The second-order valence-corrected chi connectivity index (χ2v) is 9.44. The van der Waals surface area contributed by atoms with Crippen LogP contribution in [0.2, 0.25) is 0 Å². The van der Waals surface area contributed by atoms with E-state index in [1.54, 1.807) is 0 Å². The molecule has 2 aromatic carbocycles. The van der Waals surface area contributed by atoms with E-state index in [9.17, 15) is 9.65 Å². The van der Waals surface area contributed by atoms with Crippen molar-refractivity contribution >= 4 is 0 Å². The molecule has 0 aromatic heterocycles. The highest BCUT2D eigenvalue weighted by Gasteiger charge is 2.42. The third-order valence-electron chi connectivity index (χ3n) is 7.51. The van der Waals surface area contributed by atoms with Gasteiger partial charge >= 0.3 is 0 Å². The maximum absolute atomic E-state index is 13.7. The molecular weight excluding hydrogens is 395 g/mol. The Balaban J connectivity index is 1.76. The van der Waals surface area contributed by atoms with Crippen molar-refractivity contribution in [3.8, 4) is 6.07 Å². The van der Waals surface area contributed by atoms with E-state index in [0.717, 1.165) is 63.6 Å². The molecule has 1 saturated carbocycles. The van der Waals surface area contributed by atoms with Gasteiger partial charge in [0, 0.05) is 12.6 Å². The Morgan fingerprint density at radius 2 is 1.72 bits per heavy atom. The van der Waals surface area contributed by atoms with Gasteiger partial charge in [0.25, 0.3) is 0 Å². The zero-order valence-corrected chi connectivity index (χ0v) is 19.9. The fourth-order valence-corrected chi connectivity index (χ4v) is 5.68. The van der Waals surface area contributed by atoms with Crippen LogP contribution >= 0.6 is 0 Å². The van der Waals surface area contributed by atoms with E-state index >= 15 is 0 Å². The minimum absolute atomic E-state index is 0.228. The molecule has 0 saturated heterocycles. The van der Waals surface area contributed by atoms with E-state index in [4.69, 9.17) is 0 Å². The first kappa shape index (κ1) is 24.5. The second-order valence-electron chi connectivity index (χ2n) is 9.44. The van der Waals surface area contributed by atoms with Gasteiger partial charge in [0.1, 0.15) is 5.82 Å². The molecule has 1 fully saturated rings. The summed E-state index contributed by atoms with van der Waals surface area (Å²) in [7, 11) is 0. The van der Waals surface area contributed by atoms with Crippen molar-refractivity contribution in [2.75, 3.05) is 13.1 Å². The van der Waals surface area contributed by atoms with Crippen molar-refractivity contribution in [2.45, 2.75) is 83.1 Å². The van der Waals surface area contributed by atoms with Gasteiger partial charge in [-0.3, -0.25) is 0 Å². The molecule has 1 aliphatic rings. The van der Waals surface area contributed by atoms with Crippen LogP contribution in [0.3, 0.4) is 0 Å². The molecule has 0 N–H and O–H groups in total. The highest BCUT2D eigenvalue weighted by atomic mass is 19.1. The fourth-order valence-electron chi connectivity index (χ4n) is 5.68. The van der Waals surface area contributed by atoms with Crippen LogP contribution in [0.25, 0.3) is 0 Å². The maximum Gasteiger partial charge on any atom is 0.123 e. The van der Waals surface area contributed by atoms with E-state index in [2.05, 4.69) is 55.1 Å². The molecule has 172 valence electrons. The summed E-state index contributed by atoms with van der Waals surface area (Å²) in [5, 5.41) is 10.5. The quantitative estimate of drug-likeness (QED) is 0.351. The summed E-state index contributed by atoms with van der Waals surface area (Å²) in [4.78, 5) is 2.63. The van der Waals surface area contributed by atoms with Crippen molar-refractivity contribution in [2.24, 2.45) is 5.92 Å². The molecule has 2 aromatic rings. The van der Waals surface area contributed by atoms with Crippen molar-refractivity contribution < 1.29 is 4.39 Å². The Kier molecular flexibility index (Phi) is 9.30. The summed E-state index contributed by atoms with van der Waals surface area (Å²) in [6.45, 7) is 6.66. The first-order chi connectivity index (χ1) is 15.6. The third kappa shape index (κ3) is 5.99. The average molecular weight is 435 g/mol. The summed E-state index contributed by atoms with van der Waals surface area (Å²) in [6, 6.07) is 20.7. The number of halogens is 1. The predicted molar refractivity (Wildman–Crippen MR) is 131 cm³/mol. The highest BCUT2D eigenvalue weighted by molar-refractivity contribution is 5.34. The van der Waals surface area contributed by atoms with Crippen molar-refractivity contribution in [3.05, 3.63) is 71.5 Å². The number of hydrogen-bond acceptors (Lipinski definition) is 2. The van der Waals surface area contributed by atoms with Crippen LogP contribution in [0.5, 0.6) is 0 Å². The Morgan fingerprint density at radius 3 is 2.31 bits per heavy atom. The average Bonchev–Trinajstić information content (AvgIpc) is 3.37. The van der Waals surface area contributed by atoms with E-state index in [0.29, 0.717) is 12.0 Å². The first-order valence-electron chi connectivity index (χ1n) is 12.6. The van der Waals surface area contributed by atoms with Crippen LogP contribution in [0.4, 0.5) is 4.39 Å². The van der Waals surface area contributed by atoms with E-state index in [1.165, 1.54) is 30.5 Å². The minimum atomic E-state index is -0.505. The summed E-state index contributed by atoms with van der Waals surface area (Å²) in [5.74, 6) is 0.146. The summed E-state index contributed by atoms with van der Waals surface area (Å²) >= 11 is 0. The zero-order chi connectivity index (χ0) is 22.8. The van der Waals surface area contributed by atoms with Crippen LogP contribution in [-0.4, -0.2) is 24.0 Å². The van der Waals surface area contributed by atoms with Gasteiger partial charge in [-0.25, -0.2) is 4.39 Å². The van der Waals surface area contributed by atoms with Crippen LogP contribution in [-0.2, 0) is 11.8 Å². The van der Waals surface area contributed by atoms with Crippen LogP contribution in [0.1, 0.15) is 76.3 Å². The first-order valence-corrected chi connectivity index (χ1v) is 12.6. The van der Waals surface area contributed by atoms with Crippen LogP contribution in [0, 0.1) is 23.1 Å². The summed E-state index contributed by atoms with van der Waals surface area (Å²) in [6.07, 6.45) is 9.75. The molecule has 0 radical (unpaired) electrons. The Bertz CT molecular complexity index is 836. The Morgan fingerprint density at radius 1 is 1.03 bits per heavy atom. The van der Waals surface area contributed by atoms with Gasteiger partial charge in [0.05, 0.1) is 11.5 Å². The lowest BCUT2D eigenvalue weighted by atomic mass is 9.67. The smallest absolute Gasteiger partial charge is 0.123 e. The van der Waals surface area contributed by atoms with Gasteiger partial charge in [0.15, 0.2) is 0 Å². The van der Waals surface area contributed by atoms with Gasteiger partial charge < -0.3 is 4.90 Å². The van der Waals surface area contributed by atoms with E-state index in [1.807, 2.05) is 12.1 Å². The third-order valence-corrected chi connectivity index (χ3v) is 7.51. The van der Waals surface area contributed by atoms with Crippen molar-refractivity contribution in [3.63, 3.8) is 0 Å². The molecule has 0 bridgehead atoms. The predicted octanol–water partition coefficient (Wildman–Crippen LogP) is 7.29. The molecule has 32 heavy (non-hydrogen) atoms. The Hall–Kier alpha value is -2.18. The van der Waals surface area contributed by atoms with E-state index < -0.39 is 5.41 Å². The molecule has 0 heterocycles. The zero-order valence-electron chi connectivity index (χ0n) is 19.9. The molecule has 3 rings (SSSR count). The number of rotatable bonds is 12. The molecule has 3 heteroatoms. The second kappa shape index (κ2) is 12.2. The van der Waals surface area contributed by atoms with Crippen molar-refractivity contribution in [1.29, 1.82) is 5.26 Å². The number of nitrogens with zero attached hydrogens (tertiary/aromatic N) is 2. The summed E-state index contributed by atoms with van der Waals surface area (Å²) in [5.41, 5.74) is 1.89. The largest absolute Gasteiger partial charge is 0.300 e. The lowest BCUT2D eigenvalue weighted by Gasteiger charge is -2.37. The number of benzene rings is 2. The lowest BCUT2D eigenvalue weighted by Crippen LogP contribution is -2.40. The lowest BCUT2D eigenvalue weighted by molar-refractivity contribution is 0.167. The molecule has 1 aliphatic carbocycles. The fraction of sp³-hybridized carbons (Fsp3) is 0.552. The topological polar surface area (TPSA) is 27.0 Å². The molecule has 2 atom stereocenters. The normalized spacial score (nSPS) is 17.2. The molecule has 0 amide bonds. The van der Waals surface area contributed by atoms with Crippen LogP contribution in [0.15, 0.2) is 54.6 Å². The van der Waals surface area contributed by atoms with Gasteiger partial charge in [0.2, 0.25) is 0 Å². The monoisotopic (exact) mass is 434 g/mol.